The van der Waals surface area contributed by atoms with Gasteiger partial charge in [-0.15, -0.1) is 0 Å². The molecule has 1 aromatic heterocycles. The molecule has 44 heavy (non-hydrogen) atoms. The van der Waals surface area contributed by atoms with Crippen LogP contribution in [0.15, 0.2) is 48.5 Å². The van der Waals surface area contributed by atoms with Crippen LogP contribution in [0.25, 0.3) is 10.9 Å². The number of benzene rings is 2. The highest BCUT2D eigenvalue weighted by Crippen LogP contribution is 2.32. The number of H-pyrrole nitrogens is 1. The Bertz CT molecular complexity index is 1390. The van der Waals surface area contributed by atoms with Crippen molar-refractivity contribution < 1.29 is 23.9 Å². The predicted octanol–water partition coefficient (Wildman–Crippen LogP) is 4.20. The van der Waals surface area contributed by atoms with Gasteiger partial charge < -0.3 is 25.1 Å². The van der Waals surface area contributed by atoms with Crippen molar-refractivity contribution in [3.63, 3.8) is 0 Å². The molecule has 1 fully saturated rings. The molecule has 2 aromatic carbocycles. The number of rotatable bonds is 15. The monoisotopic (exact) mass is 625 g/mol. The van der Waals surface area contributed by atoms with E-state index in [1.807, 2.05) is 44.2 Å². The van der Waals surface area contributed by atoms with Crippen LogP contribution in [0, 0.1) is 5.92 Å². The average molecular weight is 626 g/mol. The van der Waals surface area contributed by atoms with E-state index in [-0.39, 0.29) is 36.6 Å². The van der Waals surface area contributed by atoms with E-state index in [9.17, 15) is 14.4 Å². The maximum Gasteiger partial charge on any atom is 0.355 e. The molecule has 0 radical (unpaired) electrons. The molecule has 0 spiro atoms. The van der Waals surface area contributed by atoms with Gasteiger partial charge in [-0.3, -0.25) is 19.8 Å². The van der Waals surface area contributed by atoms with Crippen LogP contribution in [0.5, 0.6) is 0 Å². The summed E-state index contributed by atoms with van der Waals surface area (Å²) in [6.45, 7) is 10.9. The van der Waals surface area contributed by atoms with E-state index >= 15 is 0 Å². The van der Waals surface area contributed by atoms with Gasteiger partial charge in [0.2, 0.25) is 11.8 Å². The number of carbonyl (C=O) groups excluding carboxylic acids is 3. The van der Waals surface area contributed by atoms with Crippen molar-refractivity contribution in [3.05, 3.63) is 70.4 Å². The fourth-order valence-electron chi connectivity index (χ4n) is 5.42. The number of nitrogens with one attached hydrogen (secondary N) is 4. The van der Waals surface area contributed by atoms with Gasteiger partial charge >= 0.3 is 5.97 Å². The van der Waals surface area contributed by atoms with Gasteiger partial charge in [-0.25, -0.2) is 4.79 Å². The first-order valence-electron chi connectivity index (χ1n) is 15.4. The molecule has 2 amide bonds. The fourth-order valence-corrected chi connectivity index (χ4v) is 5.59. The molecule has 2 heterocycles. The summed E-state index contributed by atoms with van der Waals surface area (Å²) in [5.41, 5.74) is 2.07. The Morgan fingerprint density at radius 1 is 1.05 bits per heavy atom. The third-order valence-electron chi connectivity index (χ3n) is 7.59. The molecular formula is C33H44ClN5O5. The molecule has 1 saturated heterocycles. The van der Waals surface area contributed by atoms with Crippen molar-refractivity contribution in [2.45, 2.75) is 52.2 Å². The van der Waals surface area contributed by atoms with E-state index < -0.39 is 18.1 Å². The Morgan fingerprint density at radius 2 is 1.80 bits per heavy atom. The second-order valence-electron chi connectivity index (χ2n) is 11.4. The van der Waals surface area contributed by atoms with Crippen molar-refractivity contribution in [3.8, 4) is 0 Å². The zero-order valence-corrected chi connectivity index (χ0v) is 26.5. The molecule has 1 aliphatic rings. The van der Waals surface area contributed by atoms with Gasteiger partial charge in [-0.1, -0.05) is 61.8 Å². The number of nitrogens with zero attached hydrogens (tertiary/aromatic N) is 1. The van der Waals surface area contributed by atoms with Crippen molar-refractivity contribution in [1.29, 1.82) is 0 Å². The summed E-state index contributed by atoms with van der Waals surface area (Å²) in [6, 6.07) is 13.0. The maximum absolute atomic E-state index is 14.0. The number of fused-ring (bicyclic) bond motifs is 1. The minimum atomic E-state index is -1.05. The first-order chi connectivity index (χ1) is 21.3. The zero-order chi connectivity index (χ0) is 31.5. The largest absolute Gasteiger partial charge is 0.461 e. The van der Waals surface area contributed by atoms with E-state index in [0.717, 1.165) is 44.8 Å². The lowest BCUT2D eigenvalue weighted by molar-refractivity contribution is -0.126. The molecule has 11 heteroatoms. The normalized spacial score (nSPS) is 15.2. The third-order valence-corrected chi connectivity index (χ3v) is 7.82. The molecule has 0 bridgehead atoms. The fraction of sp³-hybridized carbons (Fsp3) is 0.485. The van der Waals surface area contributed by atoms with Crippen LogP contribution in [-0.2, 0) is 25.6 Å². The van der Waals surface area contributed by atoms with Crippen LogP contribution < -0.4 is 16.0 Å². The molecule has 0 saturated carbocycles. The van der Waals surface area contributed by atoms with Crippen molar-refractivity contribution in [2.24, 2.45) is 5.92 Å². The number of aromatic amines is 1. The summed E-state index contributed by atoms with van der Waals surface area (Å²) in [5, 5.41) is 10.5. The van der Waals surface area contributed by atoms with E-state index in [1.54, 1.807) is 25.1 Å². The van der Waals surface area contributed by atoms with Crippen LogP contribution in [0.3, 0.4) is 0 Å². The van der Waals surface area contributed by atoms with Crippen molar-refractivity contribution in [1.82, 2.24) is 25.8 Å². The number of morpholine rings is 1. The third kappa shape index (κ3) is 9.28. The van der Waals surface area contributed by atoms with Gasteiger partial charge in [-0.05, 0) is 49.9 Å². The number of aromatic nitrogens is 1. The van der Waals surface area contributed by atoms with Gasteiger partial charge in [0.25, 0.3) is 0 Å². The lowest BCUT2D eigenvalue weighted by atomic mass is 9.97. The minimum Gasteiger partial charge on any atom is -0.461 e. The molecule has 4 N–H and O–H groups in total. The highest BCUT2D eigenvalue weighted by molar-refractivity contribution is 6.31. The van der Waals surface area contributed by atoms with Gasteiger partial charge in [0, 0.05) is 47.7 Å². The van der Waals surface area contributed by atoms with Crippen LogP contribution in [-0.4, -0.2) is 79.7 Å². The van der Waals surface area contributed by atoms with Gasteiger partial charge in [0.1, 0.15) is 11.7 Å². The topological polar surface area (TPSA) is 125 Å². The number of hydrogen-bond acceptors (Lipinski definition) is 7. The lowest BCUT2D eigenvalue weighted by Gasteiger charge is -2.28. The summed E-state index contributed by atoms with van der Waals surface area (Å²) in [4.78, 5) is 46.3. The Hall–Kier alpha value is -3.44. The molecule has 1 aliphatic heterocycles. The quantitative estimate of drug-likeness (QED) is 0.147. The number of esters is 1. The predicted molar refractivity (Wildman–Crippen MR) is 172 cm³/mol. The van der Waals surface area contributed by atoms with E-state index in [1.165, 1.54) is 0 Å². The molecule has 0 aliphatic carbocycles. The first-order valence-corrected chi connectivity index (χ1v) is 15.8. The average Bonchev–Trinajstić information content (AvgIpc) is 3.39. The Morgan fingerprint density at radius 3 is 2.50 bits per heavy atom. The Balaban J connectivity index is 1.62. The van der Waals surface area contributed by atoms with Gasteiger partial charge in [-0.2, -0.15) is 0 Å². The summed E-state index contributed by atoms with van der Waals surface area (Å²) in [5.74, 6) is -0.998. The molecule has 238 valence electrons. The Labute approximate surface area is 264 Å². The maximum atomic E-state index is 14.0. The van der Waals surface area contributed by atoms with E-state index in [4.69, 9.17) is 21.1 Å². The molecule has 2 atom stereocenters. The molecular weight excluding hydrogens is 582 g/mol. The smallest absolute Gasteiger partial charge is 0.355 e. The summed E-state index contributed by atoms with van der Waals surface area (Å²) >= 11 is 6.28. The zero-order valence-electron chi connectivity index (χ0n) is 25.8. The Kier molecular flexibility index (Phi) is 12.6. The molecule has 3 aromatic rings. The number of carbonyl (C=O) groups is 3. The van der Waals surface area contributed by atoms with Crippen LogP contribution in [0.1, 0.15) is 61.3 Å². The molecule has 10 nitrogen and oxygen atoms in total. The number of hydrogen-bond donors (Lipinski definition) is 4. The molecule has 2 unspecified atom stereocenters. The SMILES string of the molecule is CCOC(=O)c1[nH]c2cc(Cl)ccc2c1C(NC(CC(C)C)C(=O)NCCCN1CCOCC1)C(=O)NCc1ccccc1. The lowest BCUT2D eigenvalue weighted by Crippen LogP contribution is -2.50. The van der Waals surface area contributed by atoms with Gasteiger partial charge in [0.15, 0.2) is 0 Å². The number of ether oxygens (including phenoxy) is 2. The van der Waals surface area contributed by atoms with Crippen LogP contribution >= 0.6 is 11.6 Å². The second kappa shape index (κ2) is 16.6. The summed E-state index contributed by atoms with van der Waals surface area (Å²) in [6.07, 6.45) is 1.29. The second-order valence-corrected chi connectivity index (χ2v) is 11.8. The van der Waals surface area contributed by atoms with Crippen LogP contribution in [0.2, 0.25) is 5.02 Å². The highest BCUT2D eigenvalue weighted by atomic mass is 35.5. The number of amides is 2. The summed E-state index contributed by atoms with van der Waals surface area (Å²) in [7, 11) is 0. The first kappa shape index (κ1) is 33.5. The molecule has 4 rings (SSSR count). The van der Waals surface area contributed by atoms with Crippen molar-refractivity contribution >= 4 is 40.3 Å². The number of halogens is 1. The minimum absolute atomic E-state index is 0.144. The van der Waals surface area contributed by atoms with Gasteiger partial charge in [0.05, 0.1) is 25.9 Å². The highest BCUT2D eigenvalue weighted by Gasteiger charge is 2.34. The van der Waals surface area contributed by atoms with Crippen LogP contribution in [0.4, 0.5) is 0 Å². The van der Waals surface area contributed by atoms with E-state index in [2.05, 4.69) is 25.8 Å². The summed E-state index contributed by atoms with van der Waals surface area (Å²) < 4.78 is 10.8. The van der Waals surface area contributed by atoms with E-state index in [0.29, 0.717) is 34.5 Å². The standard InChI is InChI=1S/C33H44ClN5O5/c1-4-44-33(42)30-28(25-12-11-24(34)20-26(25)37-30)29(32(41)36-21-23-9-6-5-7-10-23)38-27(19-22(2)3)31(40)35-13-8-14-39-15-17-43-18-16-39/h5-7,9-12,20,22,27,29,37-38H,4,8,13-19,21H2,1-3H3,(H,35,40)(H,36,41). The van der Waals surface area contributed by atoms with Crippen molar-refractivity contribution in [2.75, 3.05) is 46.0 Å².